The van der Waals surface area contributed by atoms with Crippen LogP contribution in [-0.2, 0) is 4.74 Å². The van der Waals surface area contributed by atoms with Crippen molar-refractivity contribution >= 4 is 11.4 Å². The highest BCUT2D eigenvalue weighted by Gasteiger charge is 2.29. The summed E-state index contributed by atoms with van der Waals surface area (Å²) in [5.74, 6) is 0. The van der Waals surface area contributed by atoms with E-state index in [0.717, 1.165) is 19.4 Å². The molecule has 1 unspecified atom stereocenters. The summed E-state index contributed by atoms with van der Waals surface area (Å²) in [6.07, 6.45) is 4.80. The highest BCUT2D eigenvalue weighted by atomic mass is 16.5. The molecule has 0 amide bonds. The lowest BCUT2D eigenvalue weighted by Gasteiger charge is -2.37. The molecule has 3 heteroatoms. The lowest BCUT2D eigenvalue weighted by molar-refractivity contribution is -0.0553. The Labute approximate surface area is 122 Å². The molecule has 0 saturated carbocycles. The molecule has 0 radical (unpaired) electrons. The average molecular weight is 274 g/mol. The monoisotopic (exact) mass is 274 g/mol. The van der Waals surface area contributed by atoms with Gasteiger partial charge in [0.05, 0.1) is 17.0 Å². The van der Waals surface area contributed by atoms with Gasteiger partial charge in [0.15, 0.2) is 0 Å². The Balaban J connectivity index is 1.73. The molecule has 0 aliphatic carbocycles. The van der Waals surface area contributed by atoms with Crippen LogP contribution in [0.4, 0.5) is 11.4 Å². The fourth-order valence-corrected chi connectivity index (χ4v) is 3.40. The zero-order chi connectivity index (χ0) is 14.0. The van der Waals surface area contributed by atoms with E-state index in [1.54, 1.807) is 0 Å². The summed E-state index contributed by atoms with van der Waals surface area (Å²) in [5, 5.41) is 3.76. The molecule has 1 aromatic rings. The predicted molar refractivity (Wildman–Crippen MR) is 84.6 cm³/mol. The van der Waals surface area contributed by atoms with Crippen LogP contribution >= 0.6 is 0 Å². The maximum Gasteiger partial charge on any atom is 0.0646 e. The quantitative estimate of drug-likeness (QED) is 0.910. The van der Waals surface area contributed by atoms with Crippen molar-refractivity contribution in [2.24, 2.45) is 0 Å². The first-order valence-electron chi connectivity index (χ1n) is 7.88. The number of ether oxygens (including phenoxy) is 1. The molecule has 0 spiro atoms. The summed E-state index contributed by atoms with van der Waals surface area (Å²) in [7, 11) is 0. The summed E-state index contributed by atoms with van der Waals surface area (Å²) in [6.45, 7) is 7.62. The molecule has 2 heterocycles. The Hall–Kier alpha value is -1.22. The fourth-order valence-electron chi connectivity index (χ4n) is 3.40. The van der Waals surface area contributed by atoms with Gasteiger partial charge in [-0.3, -0.25) is 0 Å². The Kier molecular flexibility index (Phi) is 3.88. The van der Waals surface area contributed by atoms with E-state index in [1.807, 2.05) is 0 Å². The molecule has 2 saturated heterocycles. The van der Waals surface area contributed by atoms with Crippen molar-refractivity contribution in [3.8, 4) is 0 Å². The minimum Gasteiger partial charge on any atom is -0.380 e. The van der Waals surface area contributed by atoms with Crippen molar-refractivity contribution < 1.29 is 4.74 Å². The third-order valence-electron chi connectivity index (χ3n) is 4.41. The normalized spacial score (nSPS) is 25.7. The third-order valence-corrected chi connectivity index (χ3v) is 4.41. The Morgan fingerprint density at radius 3 is 2.70 bits per heavy atom. The van der Waals surface area contributed by atoms with Gasteiger partial charge in [-0.2, -0.15) is 0 Å². The van der Waals surface area contributed by atoms with Gasteiger partial charge >= 0.3 is 0 Å². The minimum absolute atomic E-state index is 0.00148. The lowest BCUT2D eigenvalue weighted by atomic mass is 9.93. The molecule has 2 fully saturated rings. The number of hydrogen-bond acceptors (Lipinski definition) is 3. The second kappa shape index (κ2) is 5.65. The highest BCUT2D eigenvalue weighted by molar-refractivity contribution is 5.70. The number of para-hydroxylation sites is 2. The second-order valence-electron chi connectivity index (χ2n) is 6.65. The van der Waals surface area contributed by atoms with Crippen molar-refractivity contribution in [2.45, 2.75) is 51.2 Å². The van der Waals surface area contributed by atoms with Crippen LogP contribution in [0.25, 0.3) is 0 Å². The van der Waals surface area contributed by atoms with Crippen molar-refractivity contribution in [1.82, 2.24) is 0 Å². The van der Waals surface area contributed by atoms with E-state index in [9.17, 15) is 0 Å². The Bertz CT molecular complexity index is 452. The van der Waals surface area contributed by atoms with E-state index < -0.39 is 0 Å². The molecular weight excluding hydrogens is 248 g/mol. The summed E-state index contributed by atoms with van der Waals surface area (Å²) in [5.41, 5.74) is 2.66. The topological polar surface area (TPSA) is 24.5 Å². The summed E-state index contributed by atoms with van der Waals surface area (Å²) in [4.78, 5) is 2.51. The van der Waals surface area contributed by atoms with E-state index >= 15 is 0 Å². The molecule has 1 N–H and O–H groups in total. The molecule has 110 valence electrons. The van der Waals surface area contributed by atoms with Gasteiger partial charge in [0, 0.05) is 25.7 Å². The Morgan fingerprint density at radius 1 is 1.20 bits per heavy atom. The molecule has 1 atom stereocenters. The van der Waals surface area contributed by atoms with Crippen LogP contribution in [0.3, 0.4) is 0 Å². The molecular formula is C17H26N2O. The van der Waals surface area contributed by atoms with Crippen LogP contribution in [-0.4, -0.2) is 31.3 Å². The minimum atomic E-state index is -0.00148. The van der Waals surface area contributed by atoms with Gasteiger partial charge < -0.3 is 15.0 Å². The second-order valence-corrected chi connectivity index (χ2v) is 6.65. The number of rotatable bonds is 3. The molecule has 0 aromatic heterocycles. The van der Waals surface area contributed by atoms with Gasteiger partial charge in [-0.1, -0.05) is 12.1 Å². The van der Waals surface area contributed by atoms with Gasteiger partial charge in [0.25, 0.3) is 0 Å². The first kappa shape index (κ1) is 13.7. The number of nitrogens with zero attached hydrogens (tertiary/aromatic N) is 1. The molecule has 20 heavy (non-hydrogen) atoms. The standard InChI is InChI=1S/C17H26N2O/c1-17(2)13-14(9-12-20-17)18-15-7-3-4-8-16(15)19-10-5-6-11-19/h3-4,7-8,14,18H,5-6,9-13H2,1-2H3. The van der Waals surface area contributed by atoms with Crippen molar-refractivity contribution in [3.63, 3.8) is 0 Å². The molecule has 1 aromatic carbocycles. The SMILES string of the molecule is CC1(C)CC(Nc2ccccc2N2CCCC2)CCO1. The number of hydrogen-bond donors (Lipinski definition) is 1. The Morgan fingerprint density at radius 2 is 1.95 bits per heavy atom. The summed E-state index contributed by atoms with van der Waals surface area (Å²) >= 11 is 0. The van der Waals surface area contributed by atoms with Crippen LogP contribution in [0.1, 0.15) is 39.5 Å². The van der Waals surface area contributed by atoms with E-state index in [-0.39, 0.29) is 5.60 Å². The largest absolute Gasteiger partial charge is 0.380 e. The van der Waals surface area contributed by atoms with Gasteiger partial charge in [-0.05, 0) is 51.7 Å². The maximum absolute atomic E-state index is 5.81. The maximum atomic E-state index is 5.81. The van der Waals surface area contributed by atoms with Crippen LogP contribution < -0.4 is 10.2 Å². The average Bonchev–Trinajstić information content (AvgIpc) is 2.92. The van der Waals surface area contributed by atoms with E-state index in [2.05, 4.69) is 48.3 Å². The van der Waals surface area contributed by atoms with E-state index in [0.29, 0.717) is 6.04 Å². The molecule has 2 aliphatic heterocycles. The van der Waals surface area contributed by atoms with Gasteiger partial charge in [0.1, 0.15) is 0 Å². The van der Waals surface area contributed by atoms with Gasteiger partial charge in [-0.25, -0.2) is 0 Å². The highest BCUT2D eigenvalue weighted by Crippen LogP contribution is 2.32. The molecule has 3 rings (SSSR count). The van der Waals surface area contributed by atoms with Crippen LogP contribution in [0, 0.1) is 0 Å². The molecule has 2 aliphatic rings. The van der Waals surface area contributed by atoms with Crippen molar-refractivity contribution in [1.29, 1.82) is 0 Å². The number of anilines is 2. The fraction of sp³-hybridized carbons (Fsp3) is 0.647. The summed E-state index contributed by atoms with van der Waals surface area (Å²) < 4.78 is 5.81. The number of nitrogens with one attached hydrogen (secondary N) is 1. The van der Waals surface area contributed by atoms with Crippen LogP contribution in [0.5, 0.6) is 0 Å². The third kappa shape index (κ3) is 3.09. The predicted octanol–water partition coefficient (Wildman–Crippen LogP) is 3.66. The molecule has 3 nitrogen and oxygen atoms in total. The lowest BCUT2D eigenvalue weighted by Crippen LogP contribution is -2.40. The number of benzene rings is 1. The van der Waals surface area contributed by atoms with Crippen molar-refractivity contribution in [3.05, 3.63) is 24.3 Å². The zero-order valence-electron chi connectivity index (χ0n) is 12.7. The van der Waals surface area contributed by atoms with Crippen molar-refractivity contribution in [2.75, 3.05) is 29.9 Å². The summed E-state index contributed by atoms with van der Waals surface area (Å²) in [6, 6.07) is 9.26. The van der Waals surface area contributed by atoms with Crippen LogP contribution in [0.2, 0.25) is 0 Å². The first-order chi connectivity index (χ1) is 9.64. The first-order valence-corrected chi connectivity index (χ1v) is 7.88. The van der Waals surface area contributed by atoms with Gasteiger partial charge in [0.2, 0.25) is 0 Å². The van der Waals surface area contributed by atoms with Crippen LogP contribution in [0.15, 0.2) is 24.3 Å². The van der Waals surface area contributed by atoms with E-state index in [4.69, 9.17) is 4.74 Å². The van der Waals surface area contributed by atoms with E-state index in [1.165, 1.54) is 37.3 Å². The van der Waals surface area contributed by atoms with Gasteiger partial charge in [-0.15, -0.1) is 0 Å². The molecule has 0 bridgehead atoms. The zero-order valence-corrected chi connectivity index (χ0v) is 12.7. The smallest absolute Gasteiger partial charge is 0.0646 e.